The van der Waals surface area contributed by atoms with Crippen LogP contribution in [0.5, 0.6) is 0 Å². The second-order valence-electron chi connectivity index (χ2n) is 5.59. The molecule has 1 aromatic heterocycles. The van der Waals surface area contributed by atoms with Gasteiger partial charge in [0.05, 0.1) is 7.11 Å². The van der Waals surface area contributed by atoms with Crippen LogP contribution in [-0.4, -0.2) is 26.2 Å². The van der Waals surface area contributed by atoms with Crippen LogP contribution < -0.4 is 5.32 Å². The maximum absolute atomic E-state index is 11.3. The number of hydrogen-bond acceptors (Lipinski definition) is 4. The molecule has 0 amide bonds. The Labute approximate surface area is 121 Å². The first-order chi connectivity index (χ1) is 9.43. The minimum Gasteiger partial charge on any atom is -0.463 e. The first-order valence-electron chi connectivity index (χ1n) is 7.03. The molecule has 112 valence electrons. The van der Waals surface area contributed by atoms with Gasteiger partial charge < -0.3 is 14.5 Å². The Kier molecular flexibility index (Phi) is 6.52. The molecule has 0 bridgehead atoms. The third-order valence-electron chi connectivity index (χ3n) is 2.96. The Morgan fingerprint density at radius 1 is 1.35 bits per heavy atom. The highest BCUT2D eigenvalue weighted by Gasteiger charge is 2.11. The van der Waals surface area contributed by atoms with E-state index in [0.29, 0.717) is 17.6 Å². The van der Waals surface area contributed by atoms with Crippen LogP contribution >= 0.6 is 0 Å². The van der Waals surface area contributed by atoms with Crippen molar-refractivity contribution in [1.29, 1.82) is 0 Å². The molecule has 0 radical (unpaired) electrons. The molecule has 4 nitrogen and oxygen atoms in total. The van der Waals surface area contributed by atoms with Crippen LogP contribution in [0.4, 0.5) is 0 Å². The van der Waals surface area contributed by atoms with E-state index in [4.69, 9.17) is 4.42 Å². The van der Waals surface area contributed by atoms with Crippen molar-refractivity contribution >= 4 is 12.0 Å². The summed E-state index contributed by atoms with van der Waals surface area (Å²) in [7, 11) is 1.34. The van der Waals surface area contributed by atoms with Crippen LogP contribution in [0.2, 0.25) is 0 Å². The molecule has 0 fully saturated rings. The predicted molar refractivity (Wildman–Crippen MR) is 80.6 cm³/mol. The van der Waals surface area contributed by atoms with Gasteiger partial charge in [-0.2, -0.15) is 0 Å². The molecule has 1 heterocycles. The van der Waals surface area contributed by atoms with Crippen LogP contribution in [0.25, 0.3) is 6.08 Å². The third kappa shape index (κ3) is 5.21. The van der Waals surface area contributed by atoms with Crippen LogP contribution in [0, 0.1) is 11.8 Å². The van der Waals surface area contributed by atoms with Crippen LogP contribution in [-0.2, 0) is 4.74 Å². The summed E-state index contributed by atoms with van der Waals surface area (Å²) in [4.78, 5) is 11.3. The van der Waals surface area contributed by atoms with Crippen molar-refractivity contribution in [3.05, 3.63) is 29.2 Å². The minimum atomic E-state index is -0.450. The summed E-state index contributed by atoms with van der Waals surface area (Å²) in [5, 5.41) is 3.43. The Bertz CT molecular complexity index is 458. The van der Waals surface area contributed by atoms with Crippen molar-refractivity contribution in [3.8, 4) is 0 Å². The zero-order valence-corrected chi connectivity index (χ0v) is 13.0. The van der Waals surface area contributed by atoms with Gasteiger partial charge in [0.15, 0.2) is 0 Å². The van der Waals surface area contributed by atoms with E-state index in [2.05, 4.69) is 37.7 Å². The Morgan fingerprint density at radius 3 is 2.60 bits per heavy atom. The Balaban J connectivity index is 2.75. The summed E-state index contributed by atoms with van der Waals surface area (Å²) in [5.41, 5.74) is 1.25. The van der Waals surface area contributed by atoms with Crippen LogP contribution in [0.3, 0.4) is 0 Å². The maximum atomic E-state index is 11.3. The topological polar surface area (TPSA) is 51.5 Å². The van der Waals surface area contributed by atoms with Gasteiger partial charge in [-0.15, -0.1) is 0 Å². The van der Waals surface area contributed by atoms with Gasteiger partial charge in [0.25, 0.3) is 0 Å². The smallest absolute Gasteiger partial charge is 0.373 e. The molecule has 1 aromatic rings. The van der Waals surface area contributed by atoms with Crippen molar-refractivity contribution in [3.63, 3.8) is 0 Å². The Morgan fingerprint density at radius 2 is 2.05 bits per heavy atom. The highest BCUT2D eigenvalue weighted by atomic mass is 16.5. The second kappa shape index (κ2) is 7.90. The van der Waals surface area contributed by atoms with E-state index in [-0.39, 0.29) is 5.76 Å². The number of carbonyl (C=O) groups is 1. The summed E-state index contributed by atoms with van der Waals surface area (Å²) in [6.07, 6.45) is 1.99. The molecule has 0 aliphatic carbocycles. The summed E-state index contributed by atoms with van der Waals surface area (Å²) in [6.45, 7) is 10.5. The summed E-state index contributed by atoms with van der Waals surface area (Å²) in [5.74, 6) is 1.51. The molecule has 0 aromatic carbocycles. The normalized spacial score (nSPS) is 12.2. The lowest BCUT2D eigenvalue weighted by Gasteiger charge is -2.13. The molecule has 4 heteroatoms. The number of ether oxygens (including phenoxy) is 1. The fourth-order valence-corrected chi connectivity index (χ4v) is 1.75. The summed E-state index contributed by atoms with van der Waals surface area (Å²) in [6, 6.07) is 3.42. The molecule has 20 heavy (non-hydrogen) atoms. The van der Waals surface area contributed by atoms with E-state index in [1.54, 1.807) is 12.1 Å². The van der Waals surface area contributed by atoms with E-state index in [1.165, 1.54) is 12.7 Å². The lowest BCUT2D eigenvalue weighted by molar-refractivity contribution is 0.0564. The van der Waals surface area contributed by atoms with Gasteiger partial charge in [-0.3, -0.25) is 0 Å². The molecule has 1 N–H and O–H groups in total. The quantitative estimate of drug-likeness (QED) is 0.778. The number of nitrogens with one attached hydrogen (secondary N) is 1. The molecular weight excluding hydrogens is 254 g/mol. The van der Waals surface area contributed by atoms with Gasteiger partial charge in [0.2, 0.25) is 5.76 Å². The van der Waals surface area contributed by atoms with Crippen molar-refractivity contribution in [1.82, 2.24) is 5.32 Å². The lowest BCUT2D eigenvalue weighted by Crippen LogP contribution is -2.23. The number of rotatable bonds is 7. The van der Waals surface area contributed by atoms with Gasteiger partial charge in [-0.25, -0.2) is 4.79 Å². The highest BCUT2D eigenvalue weighted by molar-refractivity contribution is 5.86. The van der Waals surface area contributed by atoms with Gasteiger partial charge in [-0.1, -0.05) is 33.3 Å². The van der Waals surface area contributed by atoms with E-state index in [0.717, 1.165) is 13.1 Å². The third-order valence-corrected chi connectivity index (χ3v) is 2.96. The monoisotopic (exact) mass is 279 g/mol. The predicted octanol–water partition coefficient (Wildman–Crippen LogP) is 3.35. The van der Waals surface area contributed by atoms with Crippen molar-refractivity contribution in [2.45, 2.75) is 27.7 Å². The molecular formula is C16H25NO3. The summed E-state index contributed by atoms with van der Waals surface area (Å²) < 4.78 is 10.1. The number of esters is 1. The zero-order valence-electron chi connectivity index (χ0n) is 13.0. The van der Waals surface area contributed by atoms with E-state index in [9.17, 15) is 4.79 Å². The van der Waals surface area contributed by atoms with E-state index in [1.807, 2.05) is 6.08 Å². The first kappa shape index (κ1) is 16.5. The average molecular weight is 279 g/mol. The first-order valence-corrected chi connectivity index (χ1v) is 7.03. The lowest BCUT2D eigenvalue weighted by atomic mass is 10.0. The molecule has 0 saturated carbocycles. The molecule has 0 aliphatic rings. The fourth-order valence-electron chi connectivity index (χ4n) is 1.75. The van der Waals surface area contributed by atoms with Crippen molar-refractivity contribution in [2.75, 3.05) is 20.2 Å². The zero-order chi connectivity index (χ0) is 15.1. The van der Waals surface area contributed by atoms with Gasteiger partial charge >= 0.3 is 5.97 Å². The summed E-state index contributed by atoms with van der Waals surface area (Å²) >= 11 is 0. The molecule has 0 spiro atoms. The van der Waals surface area contributed by atoms with Crippen LogP contribution in [0.15, 0.2) is 22.1 Å². The molecule has 0 saturated heterocycles. The van der Waals surface area contributed by atoms with Crippen LogP contribution in [0.1, 0.15) is 44.0 Å². The number of furan rings is 1. The van der Waals surface area contributed by atoms with E-state index < -0.39 is 5.97 Å². The molecule has 0 atom stereocenters. The average Bonchev–Trinajstić information content (AvgIpc) is 2.84. The second-order valence-corrected chi connectivity index (χ2v) is 5.59. The van der Waals surface area contributed by atoms with Gasteiger partial charge in [-0.05, 0) is 36.6 Å². The standard InChI is InChI=1S/C16H25NO3/c1-11(2)9-17-10-13(12(3)4)8-14-6-7-15(20-14)16(18)19-5/h6-8,11-12,17H,9-10H2,1-5H3. The van der Waals surface area contributed by atoms with Gasteiger partial charge in [0, 0.05) is 6.54 Å². The molecule has 0 aliphatic heterocycles. The van der Waals surface area contributed by atoms with E-state index >= 15 is 0 Å². The largest absolute Gasteiger partial charge is 0.463 e. The number of methoxy groups -OCH3 is 1. The Hall–Kier alpha value is -1.55. The molecule has 1 rings (SSSR count). The minimum absolute atomic E-state index is 0.233. The fraction of sp³-hybridized carbons (Fsp3) is 0.562. The van der Waals surface area contributed by atoms with Gasteiger partial charge in [0.1, 0.15) is 5.76 Å². The SMILES string of the molecule is COC(=O)c1ccc(C=C(CNCC(C)C)C(C)C)o1. The number of carbonyl (C=O) groups excluding carboxylic acids is 1. The van der Waals surface area contributed by atoms with Crippen molar-refractivity contribution in [2.24, 2.45) is 11.8 Å². The number of hydrogen-bond donors (Lipinski definition) is 1. The van der Waals surface area contributed by atoms with Crippen molar-refractivity contribution < 1.29 is 13.9 Å². The highest BCUT2D eigenvalue weighted by Crippen LogP contribution is 2.17. The molecule has 0 unspecified atom stereocenters. The maximum Gasteiger partial charge on any atom is 0.373 e.